The van der Waals surface area contributed by atoms with E-state index in [1.807, 2.05) is 49.4 Å². The highest BCUT2D eigenvalue weighted by molar-refractivity contribution is 6.17. The van der Waals surface area contributed by atoms with Crippen LogP contribution < -0.4 is 10.9 Å². The smallest absolute Gasteiger partial charge is 0.355 e. The van der Waals surface area contributed by atoms with Crippen LogP contribution in [-0.2, 0) is 21.4 Å². The fraction of sp³-hybridized carbons (Fsp3) is 0.208. The van der Waals surface area contributed by atoms with Crippen LogP contribution in [0.5, 0.6) is 0 Å². The molecule has 2 aromatic carbocycles. The van der Waals surface area contributed by atoms with Gasteiger partial charge in [0.05, 0.1) is 23.6 Å². The molecule has 0 amide bonds. The zero-order valence-electron chi connectivity index (χ0n) is 18.0. The topological polar surface area (TPSA) is 82.3 Å². The number of ether oxygens (including phenoxy) is 1. The molecule has 7 heteroatoms. The lowest BCUT2D eigenvalue weighted by atomic mass is 10.0. The number of hydrogen-bond donors (Lipinski definition) is 1. The van der Waals surface area contributed by atoms with Gasteiger partial charge in [0, 0.05) is 7.05 Å². The maximum atomic E-state index is 13.2. The summed E-state index contributed by atoms with van der Waals surface area (Å²) >= 11 is 0. The van der Waals surface area contributed by atoms with Crippen LogP contribution in [0.2, 0.25) is 0 Å². The first-order valence-electron chi connectivity index (χ1n) is 9.93. The van der Waals surface area contributed by atoms with Gasteiger partial charge in [0.25, 0.3) is 5.56 Å². The van der Waals surface area contributed by atoms with Gasteiger partial charge in [0.2, 0.25) is 0 Å². The van der Waals surface area contributed by atoms with E-state index in [0.29, 0.717) is 23.2 Å². The number of anilines is 1. The second-order valence-electron chi connectivity index (χ2n) is 7.05. The lowest BCUT2D eigenvalue weighted by Gasteiger charge is -2.13. The molecule has 0 atom stereocenters. The SMILES string of the molecule is CCOC(=O)C(Nc1c(C)n(C)n(-c2ccccc2)c1=O)=C(C=O)c1ccc(C)cc1. The molecule has 7 nitrogen and oxygen atoms in total. The van der Waals surface area contributed by atoms with Crippen molar-refractivity contribution >= 4 is 23.5 Å². The minimum atomic E-state index is -0.709. The fourth-order valence-corrected chi connectivity index (χ4v) is 3.27. The van der Waals surface area contributed by atoms with Crippen molar-refractivity contribution in [2.24, 2.45) is 7.05 Å². The summed E-state index contributed by atoms with van der Waals surface area (Å²) in [5.41, 5.74) is 2.74. The summed E-state index contributed by atoms with van der Waals surface area (Å²) in [5, 5.41) is 2.91. The number of nitrogens with one attached hydrogen (secondary N) is 1. The second-order valence-corrected chi connectivity index (χ2v) is 7.05. The number of esters is 1. The molecule has 3 rings (SSSR count). The van der Waals surface area contributed by atoms with E-state index in [9.17, 15) is 14.4 Å². The molecule has 0 spiro atoms. The normalized spacial score (nSPS) is 11.6. The molecule has 1 heterocycles. The predicted molar refractivity (Wildman–Crippen MR) is 120 cm³/mol. The molecule has 0 unspecified atom stereocenters. The lowest BCUT2D eigenvalue weighted by Crippen LogP contribution is -2.23. The third-order valence-electron chi connectivity index (χ3n) is 5.03. The molecule has 0 aliphatic rings. The number of aryl methyl sites for hydroxylation is 1. The molecule has 0 fully saturated rings. The molecular formula is C24H25N3O4. The Morgan fingerprint density at radius 1 is 1.06 bits per heavy atom. The van der Waals surface area contributed by atoms with E-state index >= 15 is 0 Å². The average molecular weight is 419 g/mol. The standard InChI is InChI=1S/C24H25N3O4/c1-5-31-24(30)22(20(15-28)18-13-11-16(2)12-14-18)25-21-17(3)26(4)27(23(21)29)19-9-7-6-8-10-19/h6-15,25H,5H2,1-4H3. The minimum absolute atomic E-state index is 0.0771. The third-order valence-corrected chi connectivity index (χ3v) is 5.03. The second kappa shape index (κ2) is 9.30. The van der Waals surface area contributed by atoms with Gasteiger partial charge in [0.1, 0.15) is 11.4 Å². The summed E-state index contributed by atoms with van der Waals surface area (Å²) in [6.45, 7) is 5.50. The molecule has 0 saturated carbocycles. The fourth-order valence-electron chi connectivity index (χ4n) is 3.27. The van der Waals surface area contributed by atoms with Crippen LogP contribution in [0.3, 0.4) is 0 Å². The number of para-hydroxylation sites is 1. The largest absolute Gasteiger partial charge is 0.461 e. The Balaban J connectivity index is 2.18. The molecule has 0 aliphatic heterocycles. The Hall–Kier alpha value is -3.87. The van der Waals surface area contributed by atoms with Crippen LogP contribution >= 0.6 is 0 Å². The Kier molecular flexibility index (Phi) is 6.55. The molecular weight excluding hydrogens is 394 g/mol. The first-order chi connectivity index (χ1) is 14.9. The number of carbonyl (C=O) groups excluding carboxylic acids is 2. The van der Waals surface area contributed by atoms with Gasteiger partial charge in [-0.25, -0.2) is 9.48 Å². The number of hydrogen-bond acceptors (Lipinski definition) is 5. The zero-order chi connectivity index (χ0) is 22.5. The molecule has 3 aromatic rings. The first-order valence-corrected chi connectivity index (χ1v) is 9.93. The van der Waals surface area contributed by atoms with Gasteiger partial charge in [-0.2, -0.15) is 0 Å². The molecule has 0 saturated heterocycles. The average Bonchev–Trinajstić information content (AvgIpc) is 2.98. The molecule has 0 aliphatic carbocycles. The van der Waals surface area contributed by atoms with Crippen molar-refractivity contribution < 1.29 is 14.3 Å². The quantitative estimate of drug-likeness (QED) is 0.361. The zero-order valence-corrected chi connectivity index (χ0v) is 18.0. The summed E-state index contributed by atoms with van der Waals surface area (Å²) in [7, 11) is 1.75. The van der Waals surface area contributed by atoms with Crippen molar-refractivity contribution in [2.45, 2.75) is 20.8 Å². The van der Waals surface area contributed by atoms with Crippen molar-refractivity contribution in [1.82, 2.24) is 9.36 Å². The van der Waals surface area contributed by atoms with Crippen molar-refractivity contribution in [3.05, 3.63) is 87.5 Å². The van der Waals surface area contributed by atoms with Crippen LogP contribution in [0.25, 0.3) is 11.3 Å². The number of carbonyl (C=O) groups is 2. The molecule has 0 bridgehead atoms. The van der Waals surface area contributed by atoms with Crippen molar-refractivity contribution in [3.63, 3.8) is 0 Å². The Labute approximate surface area is 180 Å². The number of benzene rings is 2. The van der Waals surface area contributed by atoms with Gasteiger partial charge in [-0.3, -0.25) is 14.3 Å². The first kappa shape index (κ1) is 21.8. The Morgan fingerprint density at radius 2 is 1.71 bits per heavy atom. The van der Waals surface area contributed by atoms with Crippen LogP contribution in [0.1, 0.15) is 23.7 Å². The van der Waals surface area contributed by atoms with E-state index < -0.39 is 5.97 Å². The summed E-state index contributed by atoms with van der Waals surface area (Å²) < 4.78 is 8.35. The molecule has 160 valence electrons. The number of nitrogens with zero attached hydrogens (tertiary/aromatic N) is 2. The Bertz CT molecular complexity index is 1190. The molecule has 31 heavy (non-hydrogen) atoms. The van der Waals surface area contributed by atoms with Crippen molar-refractivity contribution in [3.8, 4) is 5.69 Å². The van der Waals surface area contributed by atoms with Gasteiger partial charge in [-0.05, 0) is 38.5 Å². The Morgan fingerprint density at radius 3 is 2.29 bits per heavy atom. The van der Waals surface area contributed by atoms with E-state index in [4.69, 9.17) is 4.74 Å². The summed E-state index contributed by atoms with van der Waals surface area (Å²) in [4.78, 5) is 38.0. The highest BCUT2D eigenvalue weighted by Crippen LogP contribution is 2.22. The number of aromatic nitrogens is 2. The lowest BCUT2D eigenvalue weighted by molar-refractivity contribution is -0.138. The van der Waals surface area contributed by atoms with Gasteiger partial charge >= 0.3 is 5.97 Å². The van der Waals surface area contributed by atoms with Gasteiger partial charge < -0.3 is 10.1 Å². The predicted octanol–water partition coefficient (Wildman–Crippen LogP) is 3.38. The van der Waals surface area contributed by atoms with Crippen molar-refractivity contribution in [1.29, 1.82) is 0 Å². The maximum Gasteiger partial charge on any atom is 0.355 e. The number of rotatable bonds is 7. The summed E-state index contributed by atoms with van der Waals surface area (Å²) in [6.07, 6.45) is 0.595. The minimum Gasteiger partial charge on any atom is -0.461 e. The van der Waals surface area contributed by atoms with Gasteiger partial charge in [0.15, 0.2) is 6.29 Å². The van der Waals surface area contributed by atoms with Gasteiger partial charge in [-0.1, -0.05) is 48.0 Å². The highest BCUT2D eigenvalue weighted by Gasteiger charge is 2.23. The highest BCUT2D eigenvalue weighted by atomic mass is 16.5. The molecule has 1 aromatic heterocycles. The van der Waals surface area contributed by atoms with Gasteiger partial charge in [-0.15, -0.1) is 0 Å². The van der Waals surface area contributed by atoms with Crippen LogP contribution in [0, 0.1) is 13.8 Å². The van der Waals surface area contributed by atoms with Crippen LogP contribution in [0.15, 0.2) is 65.1 Å². The van der Waals surface area contributed by atoms with E-state index in [1.54, 1.807) is 37.7 Å². The van der Waals surface area contributed by atoms with Crippen LogP contribution in [-0.4, -0.2) is 28.2 Å². The number of aldehydes is 1. The monoisotopic (exact) mass is 419 g/mol. The van der Waals surface area contributed by atoms with E-state index in [0.717, 1.165) is 5.56 Å². The molecule has 1 N–H and O–H groups in total. The molecule has 0 radical (unpaired) electrons. The summed E-state index contributed by atoms with van der Waals surface area (Å²) in [5.74, 6) is -0.709. The van der Waals surface area contributed by atoms with E-state index in [1.165, 1.54) is 4.68 Å². The maximum absolute atomic E-state index is 13.2. The van der Waals surface area contributed by atoms with E-state index in [-0.39, 0.29) is 29.1 Å². The van der Waals surface area contributed by atoms with E-state index in [2.05, 4.69) is 5.32 Å². The third kappa shape index (κ3) is 4.35. The van der Waals surface area contributed by atoms with Crippen molar-refractivity contribution in [2.75, 3.05) is 11.9 Å². The summed E-state index contributed by atoms with van der Waals surface area (Å²) in [6, 6.07) is 16.4. The van der Waals surface area contributed by atoms with Crippen LogP contribution in [0.4, 0.5) is 5.69 Å². The number of allylic oxidation sites excluding steroid dienone is 1.